The summed E-state index contributed by atoms with van der Waals surface area (Å²) in [7, 11) is 0. The Morgan fingerprint density at radius 1 is 1.30 bits per heavy atom. The summed E-state index contributed by atoms with van der Waals surface area (Å²) in [6.07, 6.45) is 2.61. The molecule has 1 saturated heterocycles. The van der Waals surface area contributed by atoms with Crippen molar-refractivity contribution in [3.8, 4) is 0 Å². The fourth-order valence-corrected chi connectivity index (χ4v) is 2.88. The van der Waals surface area contributed by atoms with Crippen LogP contribution in [0.2, 0.25) is 0 Å². The van der Waals surface area contributed by atoms with Gasteiger partial charge in [0, 0.05) is 18.0 Å². The molecule has 2 aromatic rings. The first-order chi connectivity index (χ1) is 9.74. The Kier molecular flexibility index (Phi) is 3.74. The highest BCUT2D eigenvalue weighted by Crippen LogP contribution is 2.14. The molecule has 1 aromatic carbocycles. The second-order valence-electron chi connectivity index (χ2n) is 5.57. The first kappa shape index (κ1) is 13.2. The van der Waals surface area contributed by atoms with Crippen LogP contribution in [0.5, 0.6) is 0 Å². The molecule has 0 spiro atoms. The molecule has 1 aliphatic heterocycles. The molecule has 2 heterocycles. The molecule has 2 N–H and O–H groups in total. The van der Waals surface area contributed by atoms with Crippen LogP contribution in [-0.4, -0.2) is 35.6 Å². The van der Waals surface area contributed by atoms with Crippen LogP contribution < -0.4 is 10.9 Å². The number of fused-ring (bicyclic) bond motifs is 1. The summed E-state index contributed by atoms with van der Waals surface area (Å²) >= 11 is 0. The smallest absolute Gasteiger partial charge is 0.257 e. The second-order valence-corrected chi connectivity index (χ2v) is 5.57. The molecule has 0 amide bonds. The zero-order chi connectivity index (χ0) is 13.9. The maximum Gasteiger partial charge on any atom is 0.257 e. The van der Waals surface area contributed by atoms with Gasteiger partial charge in [-0.1, -0.05) is 18.2 Å². The second kappa shape index (κ2) is 5.67. The fraction of sp³-hybridized carbons (Fsp3) is 0.438. The van der Waals surface area contributed by atoms with Crippen LogP contribution in [0.15, 0.2) is 35.1 Å². The number of benzene rings is 1. The molecule has 20 heavy (non-hydrogen) atoms. The number of pyridine rings is 1. The maximum atomic E-state index is 12.0. The summed E-state index contributed by atoms with van der Waals surface area (Å²) in [6.45, 7) is 5.47. The van der Waals surface area contributed by atoms with Crippen LogP contribution >= 0.6 is 0 Å². The van der Waals surface area contributed by atoms with Crippen LogP contribution in [0.1, 0.15) is 19.8 Å². The molecule has 0 aliphatic carbocycles. The summed E-state index contributed by atoms with van der Waals surface area (Å²) in [5.41, 5.74) is -0.0283. The van der Waals surface area contributed by atoms with Crippen molar-refractivity contribution >= 4 is 16.6 Å². The van der Waals surface area contributed by atoms with Crippen molar-refractivity contribution in [1.82, 2.24) is 9.88 Å². The first-order valence-corrected chi connectivity index (χ1v) is 7.34. The molecule has 0 saturated carbocycles. The quantitative estimate of drug-likeness (QED) is 0.898. The summed E-state index contributed by atoms with van der Waals surface area (Å²) < 4.78 is 0. The Morgan fingerprint density at radius 2 is 2.05 bits per heavy atom. The van der Waals surface area contributed by atoms with E-state index in [2.05, 4.69) is 22.1 Å². The van der Waals surface area contributed by atoms with Gasteiger partial charge in [-0.3, -0.25) is 9.69 Å². The van der Waals surface area contributed by atoms with Gasteiger partial charge in [-0.25, -0.2) is 0 Å². The number of nitrogens with zero attached hydrogens (tertiary/aromatic N) is 1. The van der Waals surface area contributed by atoms with Crippen molar-refractivity contribution in [2.24, 2.45) is 0 Å². The Hall–Kier alpha value is -1.81. The van der Waals surface area contributed by atoms with E-state index in [0.29, 0.717) is 6.04 Å². The lowest BCUT2D eigenvalue weighted by Gasteiger charge is -2.24. The van der Waals surface area contributed by atoms with Gasteiger partial charge in [-0.15, -0.1) is 0 Å². The maximum absolute atomic E-state index is 12.0. The molecule has 1 aromatic heterocycles. The number of aromatic amines is 1. The lowest BCUT2D eigenvalue weighted by molar-refractivity contribution is 0.269. The topological polar surface area (TPSA) is 48.1 Å². The zero-order valence-electron chi connectivity index (χ0n) is 11.9. The number of aromatic nitrogens is 1. The summed E-state index contributed by atoms with van der Waals surface area (Å²) in [5, 5.41) is 5.08. The molecule has 1 unspecified atom stereocenters. The zero-order valence-corrected chi connectivity index (χ0v) is 11.9. The van der Waals surface area contributed by atoms with Crippen molar-refractivity contribution in [2.45, 2.75) is 25.8 Å². The van der Waals surface area contributed by atoms with E-state index in [9.17, 15) is 4.79 Å². The monoisotopic (exact) mass is 271 g/mol. The lowest BCUT2D eigenvalue weighted by atomic mass is 10.2. The Balaban J connectivity index is 1.72. The van der Waals surface area contributed by atoms with E-state index in [4.69, 9.17) is 0 Å². The van der Waals surface area contributed by atoms with Gasteiger partial charge in [-0.05, 0) is 50.4 Å². The van der Waals surface area contributed by atoms with Crippen LogP contribution in [0.3, 0.4) is 0 Å². The highest BCUT2D eigenvalue weighted by atomic mass is 16.1. The normalized spacial score (nSPS) is 17.4. The summed E-state index contributed by atoms with van der Waals surface area (Å²) in [5.74, 6) is 0.805. The molecule has 1 aliphatic rings. The van der Waals surface area contributed by atoms with Crippen molar-refractivity contribution < 1.29 is 0 Å². The predicted octanol–water partition coefficient (Wildman–Crippen LogP) is 2.42. The third-order valence-corrected chi connectivity index (χ3v) is 4.11. The van der Waals surface area contributed by atoms with Gasteiger partial charge < -0.3 is 10.3 Å². The Labute approximate surface area is 118 Å². The molecular weight excluding hydrogens is 250 g/mol. The number of nitrogens with one attached hydrogen (secondary N) is 2. The number of anilines is 1. The number of likely N-dealkylation sites (tertiary alicyclic amines) is 1. The minimum atomic E-state index is -0.0283. The van der Waals surface area contributed by atoms with Gasteiger partial charge >= 0.3 is 0 Å². The van der Waals surface area contributed by atoms with Crippen LogP contribution in [0.4, 0.5) is 5.82 Å². The third-order valence-electron chi connectivity index (χ3n) is 4.11. The van der Waals surface area contributed by atoms with E-state index in [1.165, 1.54) is 25.9 Å². The molecule has 4 heteroatoms. The summed E-state index contributed by atoms with van der Waals surface area (Å²) in [6, 6.07) is 10.2. The van der Waals surface area contributed by atoms with Gasteiger partial charge in [0.25, 0.3) is 5.56 Å². The highest BCUT2D eigenvalue weighted by Gasteiger charge is 2.17. The average Bonchev–Trinajstić information content (AvgIpc) is 2.99. The number of hydrogen-bond donors (Lipinski definition) is 2. The van der Waals surface area contributed by atoms with Crippen molar-refractivity contribution in [1.29, 1.82) is 0 Å². The van der Waals surface area contributed by atoms with Gasteiger partial charge in [0.15, 0.2) is 0 Å². The third kappa shape index (κ3) is 2.70. The standard InChI is InChI=1S/C16H21N3O/c1-12(19-8-4-5-9-19)11-17-15-10-13-6-2-3-7-14(13)16(20)18-15/h2-3,6-7,10,12H,4-5,8-9,11H2,1H3,(H2,17,18,20). The molecule has 4 nitrogen and oxygen atoms in total. The first-order valence-electron chi connectivity index (χ1n) is 7.34. The predicted molar refractivity (Wildman–Crippen MR) is 83.3 cm³/mol. The van der Waals surface area contributed by atoms with E-state index in [-0.39, 0.29) is 5.56 Å². The molecule has 0 bridgehead atoms. The van der Waals surface area contributed by atoms with Gasteiger partial charge in [0.1, 0.15) is 5.82 Å². The van der Waals surface area contributed by atoms with E-state index >= 15 is 0 Å². The van der Waals surface area contributed by atoms with E-state index in [1.54, 1.807) is 0 Å². The van der Waals surface area contributed by atoms with Crippen LogP contribution in [0.25, 0.3) is 10.8 Å². The largest absolute Gasteiger partial charge is 0.370 e. The summed E-state index contributed by atoms with van der Waals surface area (Å²) in [4.78, 5) is 17.4. The Morgan fingerprint density at radius 3 is 2.85 bits per heavy atom. The van der Waals surface area contributed by atoms with Crippen molar-refractivity contribution in [3.05, 3.63) is 40.7 Å². The Bertz CT molecular complexity index is 643. The minimum Gasteiger partial charge on any atom is -0.370 e. The van der Waals surface area contributed by atoms with Crippen LogP contribution in [-0.2, 0) is 0 Å². The van der Waals surface area contributed by atoms with E-state index in [0.717, 1.165) is 23.1 Å². The van der Waals surface area contributed by atoms with E-state index < -0.39 is 0 Å². The molecule has 106 valence electrons. The average molecular weight is 271 g/mol. The molecule has 1 fully saturated rings. The molecule has 3 rings (SSSR count). The highest BCUT2D eigenvalue weighted by molar-refractivity contribution is 5.83. The van der Waals surface area contributed by atoms with Crippen LogP contribution in [0, 0.1) is 0 Å². The van der Waals surface area contributed by atoms with Gasteiger partial charge in [0.2, 0.25) is 0 Å². The molecular formula is C16H21N3O. The van der Waals surface area contributed by atoms with Crippen molar-refractivity contribution in [3.63, 3.8) is 0 Å². The minimum absolute atomic E-state index is 0.0283. The van der Waals surface area contributed by atoms with Gasteiger partial charge in [0.05, 0.1) is 0 Å². The van der Waals surface area contributed by atoms with Crippen molar-refractivity contribution in [2.75, 3.05) is 25.0 Å². The fourth-order valence-electron chi connectivity index (χ4n) is 2.88. The SMILES string of the molecule is CC(CNc1cc2ccccc2c(=O)[nH]1)N1CCCC1. The van der Waals surface area contributed by atoms with E-state index in [1.807, 2.05) is 30.3 Å². The molecule has 0 radical (unpaired) electrons. The number of H-pyrrole nitrogens is 1. The lowest BCUT2D eigenvalue weighted by Crippen LogP contribution is -2.35. The number of rotatable bonds is 4. The number of hydrogen-bond acceptors (Lipinski definition) is 3. The van der Waals surface area contributed by atoms with Gasteiger partial charge in [-0.2, -0.15) is 0 Å². The molecule has 1 atom stereocenters.